The van der Waals surface area contributed by atoms with E-state index >= 15 is 0 Å². The van der Waals surface area contributed by atoms with Crippen molar-refractivity contribution in [3.63, 3.8) is 0 Å². The molecule has 0 amide bonds. The van der Waals surface area contributed by atoms with Crippen LogP contribution in [0.1, 0.15) is 5.56 Å². The molecule has 2 aromatic rings. The van der Waals surface area contributed by atoms with Crippen LogP contribution in [0.5, 0.6) is 0 Å². The minimum Gasteiger partial charge on any atom is -0.390 e. The van der Waals surface area contributed by atoms with Crippen LogP contribution < -0.4 is 5.56 Å². The van der Waals surface area contributed by atoms with E-state index in [1.165, 1.54) is 0 Å². The Morgan fingerprint density at radius 1 is 1.39 bits per heavy atom. The lowest BCUT2D eigenvalue weighted by molar-refractivity contribution is 0.129. The highest BCUT2D eigenvalue weighted by atomic mass is 35.5. The van der Waals surface area contributed by atoms with E-state index in [1.807, 2.05) is 30.3 Å². The minimum atomic E-state index is -0.793. The van der Waals surface area contributed by atoms with Crippen LogP contribution in [-0.2, 0) is 6.54 Å². The minimum absolute atomic E-state index is 0.0624. The SMILES string of the molecule is Cc1c(-c2ccccc2)on(CC(O)CCl)c1=O. The predicted molar refractivity (Wildman–Crippen MR) is 69.9 cm³/mol. The molecular formula is C13H14ClNO3. The van der Waals surface area contributed by atoms with Crippen LogP contribution >= 0.6 is 11.6 Å². The van der Waals surface area contributed by atoms with Gasteiger partial charge in [0.05, 0.1) is 24.1 Å². The van der Waals surface area contributed by atoms with Crippen LogP contribution in [0.4, 0.5) is 0 Å². The molecule has 0 spiro atoms. The van der Waals surface area contributed by atoms with Gasteiger partial charge >= 0.3 is 0 Å². The number of hydrogen-bond acceptors (Lipinski definition) is 3. The molecular weight excluding hydrogens is 254 g/mol. The normalized spacial score (nSPS) is 12.6. The van der Waals surface area contributed by atoms with Crippen molar-refractivity contribution < 1.29 is 9.63 Å². The van der Waals surface area contributed by atoms with Crippen LogP contribution in [0, 0.1) is 6.92 Å². The van der Waals surface area contributed by atoms with Crippen molar-refractivity contribution in [2.24, 2.45) is 0 Å². The predicted octanol–water partition coefficient (Wildman–Crippen LogP) is 2.02. The highest BCUT2D eigenvalue weighted by Crippen LogP contribution is 2.21. The summed E-state index contributed by atoms with van der Waals surface area (Å²) in [4.78, 5) is 11.9. The molecule has 1 N–H and O–H groups in total. The third-order valence-corrected chi connectivity index (χ3v) is 3.04. The average Bonchev–Trinajstić information content (AvgIpc) is 2.68. The molecule has 0 bridgehead atoms. The number of aliphatic hydroxyl groups excluding tert-OH is 1. The monoisotopic (exact) mass is 267 g/mol. The van der Waals surface area contributed by atoms with Crippen molar-refractivity contribution in [3.05, 3.63) is 46.2 Å². The fourth-order valence-corrected chi connectivity index (χ4v) is 1.82. The maximum Gasteiger partial charge on any atom is 0.286 e. The first-order valence-electron chi connectivity index (χ1n) is 5.63. The van der Waals surface area contributed by atoms with Crippen LogP contribution in [0.2, 0.25) is 0 Å². The van der Waals surface area contributed by atoms with Crippen molar-refractivity contribution in [1.82, 2.24) is 4.74 Å². The molecule has 1 aromatic carbocycles. The molecule has 0 saturated heterocycles. The van der Waals surface area contributed by atoms with Gasteiger partial charge in [-0.2, -0.15) is 4.74 Å². The molecule has 1 unspecified atom stereocenters. The van der Waals surface area contributed by atoms with Crippen molar-refractivity contribution >= 4 is 11.6 Å². The molecule has 0 saturated carbocycles. The van der Waals surface area contributed by atoms with E-state index in [1.54, 1.807) is 6.92 Å². The standard InChI is InChI=1S/C13H14ClNO3/c1-9-12(10-5-3-2-4-6-10)18-15(13(9)17)8-11(16)7-14/h2-6,11,16H,7-8H2,1H3. The fraction of sp³-hybridized carbons (Fsp3) is 0.308. The van der Waals surface area contributed by atoms with Crippen molar-refractivity contribution in [2.45, 2.75) is 19.6 Å². The fourth-order valence-electron chi connectivity index (χ4n) is 1.72. The average molecular weight is 268 g/mol. The zero-order valence-electron chi connectivity index (χ0n) is 9.97. The summed E-state index contributed by atoms with van der Waals surface area (Å²) in [6.45, 7) is 1.77. The Morgan fingerprint density at radius 3 is 2.67 bits per heavy atom. The topological polar surface area (TPSA) is 55.4 Å². The van der Waals surface area contributed by atoms with Crippen LogP contribution in [0.3, 0.4) is 0 Å². The Morgan fingerprint density at radius 2 is 2.06 bits per heavy atom. The summed E-state index contributed by atoms with van der Waals surface area (Å²) in [5.41, 5.74) is 1.13. The van der Waals surface area contributed by atoms with E-state index in [4.69, 9.17) is 16.1 Å². The van der Waals surface area contributed by atoms with Gasteiger partial charge in [0, 0.05) is 5.56 Å². The molecule has 18 heavy (non-hydrogen) atoms. The molecule has 96 valence electrons. The molecule has 1 atom stereocenters. The molecule has 2 rings (SSSR count). The lowest BCUT2D eigenvalue weighted by Gasteiger charge is -2.04. The molecule has 5 heteroatoms. The molecule has 0 aliphatic rings. The second kappa shape index (κ2) is 5.42. The first-order valence-corrected chi connectivity index (χ1v) is 6.17. The maximum absolute atomic E-state index is 11.9. The number of hydrogen-bond donors (Lipinski definition) is 1. The van der Waals surface area contributed by atoms with Crippen LogP contribution in [0.15, 0.2) is 39.6 Å². The third kappa shape index (κ3) is 2.49. The molecule has 0 aliphatic heterocycles. The van der Waals surface area contributed by atoms with Crippen molar-refractivity contribution in [3.8, 4) is 11.3 Å². The van der Waals surface area contributed by atoms with E-state index in [-0.39, 0.29) is 18.0 Å². The first-order chi connectivity index (χ1) is 8.63. The maximum atomic E-state index is 11.9. The Hall–Kier alpha value is -1.52. The van der Waals surface area contributed by atoms with Crippen molar-refractivity contribution in [2.75, 3.05) is 5.88 Å². The first kappa shape index (κ1) is 12.9. The lowest BCUT2D eigenvalue weighted by Crippen LogP contribution is -2.24. The zero-order chi connectivity index (χ0) is 13.1. The van der Waals surface area contributed by atoms with Gasteiger partial charge in [0.25, 0.3) is 5.56 Å². The van der Waals surface area contributed by atoms with Gasteiger partial charge in [-0.15, -0.1) is 11.6 Å². The number of rotatable bonds is 4. The largest absolute Gasteiger partial charge is 0.390 e. The summed E-state index contributed by atoms with van der Waals surface area (Å²) in [5, 5.41) is 9.45. The van der Waals surface area contributed by atoms with Gasteiger partial charge in [0.15, 0.2) is 5.76 Å². The van der Waals surface area contributed by atoms with Crippen LogP contribution in [0.25, 0.3) is 11.3 Å². The summed E-state index contributed by atoms with van der Waals surface area (Å²) in [6.07, 6.45) is -0.793. The van der Waals surface area contributed by atoms with E-state index in [9.17, 15) is 9.90 Å². The number of nitrogens with zero attached hydrogens (tertiary/aromatic N) is 1. The summed E-state index contributed by atoms with van der Waals surface area (Å²) in [7, 11) is 0. The van der Waals surface area contributed by atoms with Gasteiger partial charge in [-0.1, -0.05) is 30.3 Å². The van der Waals surface area contributed by atoms with E-state index in [2.05, 4.69) is 0 Å². The number of halogens is 1. The van der Waals surface area contributed by atoms with E-state index < -0.39 is 6.10 Å². The Kier molecular flexibility index (Phi) is 3.89. The molecule has 0 aliphatic carbocycles. The van der Waals surface area contributed by atoms with E-state index in [0.29, 0.717) is 11.3 Å². The van der Waals surface area contributed by atoms with E-state index in [0.717, 1.165) is 10.3 Å². The molecule has 0 fully saturated rings. The van der Waals surface area contributed by atoms with Crippen molar-refractivity contribution in [1.29, 1.82) is 0 Å². The third-order valence-electron chi connectivity index (χ3n) is 2.68. The Labute approximate surface area is 109 Å². The highest BCUT2D eigenvalue weighted by Gasteiger charge is 2.16. The molecule has 1 aromatic heterocycles. The summed E-state index contributed by atoms with van der Waals surface area (Å²) < 4.78 is 6.63. The van der Waals surface area contributed by atoms with Gasteiger partial charge in [-0.25, -0.2) is 0 Å². The Bertz CT molecular complexity index is 574. The molecule has 0 radical (unpaired) electrons. The number of benzene rings is 1. The van der Waals surface area contributed by atoms with Gasteiger partial charge < -0.3 is 9.63 Å². The summed E-state index contributed by atoms with van der Waals surface area (Å²) >= 11 is 5.51. The number of aromatic nitrogens is 1. The number of aliphatic hydroxyl groups is 1. The van der Waals surface area contributed by atoms with Gasteiger partial charge in [-0.3, -0.25) is 4.79 Å². The lowest BCUT2D eigenvalue weighted by atomic mass is 10.1. The zero-order valence-corrected chi connectivity index (χ0v) is 10.7. The highest BCUT2D eigenvalue weighted by molar-refractivity contribution is 6.18. The second-order valence-electron chi connectivity index (χ2n) is 4.09. The van der Waals surface area contributed by atoms with Gasteiger partial charge in [0.2, 0.25) is 0 Å². The van der Waals surface area contributed by atoms with Gasteiger partial charge in [0.1, 0.15) is 0 Å². The number of alkyl halides is 1. The Balaban J connectivity index is 2.40. The summed E-state index contributed by atoms with van der Waals surface area (Å²) in [6, 6.07) is 9.38. The molecule has 1 heterocycles. The quantitative estimate of drug-likeness (QED) is 0.863. The van der Waals surface area contributed by atoms with Gasteiger partial charge in [-0.05, 0) is 6.92 Å². The second-order valence-corrected chi connectivity index (χ2v) is 4.39. The van der Waals surface area contributed by atoms with Crippen LogP contribution in [-0.4, -0.2) is 21.8 Å². The smallest absolute Gasteiger partial charge is 0.286 e. The molecule has 4 nitrogen and oxygen atoms in total. The summed E-state index contributed by atoms with van der Waals surface area (Å²) in [5.74, 6) is 0.592.